The molecule has 0 radical (unpaired) electrons. The SMILES string of the molecule is C=C[CH2][Al+][Cl].[NH2-]. The standard InChI is InChI=1S/C3H5.Al.ClH.H2N/c1-3-2;;;/h3H,1-2H2;;1H;1H2/q;+2;;-1/p-1. The number of hydrogen-bond donors (Lipinski definition) is 0. The molecule has 0 saturated heterocycles. The fraction of sp³-hybridized carbons (Fsp3) is 0.333. The molecule has 0 heterocycles. The van der Waals surface area contributed by atoms with Gasteiger partial charge in [-0.15, -0.1) is 0 Å². The predicted molar refractivity (Wildman–Crippen MR) is 31.9 cm³/mol. The van der Waals surface area contributed by atoms with E-state index < -0.39 is 0 Å². The summed E-state index contributed by atoms with van der Waals surface area (Å²) in [5, 5.41) is 1.00. The van der Waals surface area contributed by atoms with Gasteiger partial charge in [0, 0.05) is 0 Å². The third kappa shape index (κ3) is 8.82. The molecule has 0 atom stereocenters. The Labute approximate surface area is 48.9 Å². The van der Waals surface area contributed by atoms with Gasteiger partial charge in [-0.3, -0.25) is 0 Å². The van der Waals surface area contributed by atoms with Crippen molar-refractivity contribution in [3.8, 4) is 0 Å². The van der Waals surface area contributed by atoms with E-state index in [4.69, 9.17) is 10.0 Å². The van der Waals surface area contributed by atoms with E-state index in [-0.39, 0.29) is 20.4 Å². The Morgan fingerprint density at radius 2 is 2.33 bits per heavy atom. The molecule has 0 aromatic carbocycles. The molecule has 6 heavy (non-hydrogen) atoms. The van der Waals surface area contributed by atoms with E-state index >= 15 is 0 Å². The molecule has 0 rings (SSSR count). The minimum absolute atomic E-state index is 0. The maximum absolute atomic E-state index is 5.31. The van der Waals surface area contributed by atoms with E-state index in [2.05, 4.69) is 6.58 Å². The fourth-order valence-corrected chi connectivity index (χ4v) is 0.567. The van der Waals surface area contributed by atoms with Crippen molar-refractivity contribution >= 4 is 24.3 Å². The van der Waals surface area contributed by atoms with Crippen molar-refractivity contribution in [3.05, 3.63) is 18.8 Å². The van der Waals surface area contributed by atoms with Crippen LogP contribution in [0.5, 0.6) is 0 Å². The van der Waals surface area contributed by atoms with E-state index in [1.165, 1.54) is 0 Å². The van der Waals surface area contributed by atoms with Gasteiger partial charge in [-0.05, 0) is 0 Å². The maximum atomic E-state index is 5.31. The normalized spacial score (nSPS) is 4.83. The summed E-state index contributed by atoms with van der Waals surface area (Å²) >= 11 is 0.140. The van der Waals surface area contributed by atoms with E-state index in [0.717, 1.165) is 5.28 Å². The van der Waals surface area contributed by atoms with Crippen LogP contribution in [0.3, 0.4) is 0 Å². The van der Waals surface area contributed by atoms with Crippen molar-refractivity contribution in [2.24, 2.45) is 0 Å². The molecule has 0 aromatic heterocycles. The molecule has 1 nitrogen and oxygen atoms in total. The first kappa shape index (κ1) is 9.73. The Balaban J connectivity index is 0. The second-order valence-corrected chi connectivity index (χ2v) is 2.38. The van der Waals surface area contributed by atoms with Crippen LogP contribution in [-0.4, -0.2) is 14.3 Å². The van der Waals surface area contributed by atoms with Crippen molar-refractivity contribution in [3.63, 3.8) is 0 Å². The van der Waals surface area contributed by atoms with Crippen molar-refractivity contribution in [1.82, 2.24) is 0 Å². The first-order valence-corrected chi connectivity index (χ1v) is 4.01. The van der Waals surface area contributed by atoms with Crippen LogP contribution in [0.2, 0.25) is 5.28 Å². The van der Waals surface area contributed by atoms with E-state index in [0.29, 0.717) is 0 Å². The van der Waals surface area contributed by atoms with Gasteiger partial charge in [0.2, 0.25) is 0 Å². The van der Waals surface area contributed by atoms with Gasteiger partial charge in [0.1, 0.15) is 0 Å². The Bertz CT molecular complexity index is 32.0. The van der Waals surface area contributed by atoms with Gasteiger partial charge in [0.05, 0.1) is 0 Å². The largest absolute Gasteiger partial charge is 0.693 e. The zero-order valence-electron chi connectivity index (χ0n) is 3.52. The molecule has 0 unspecified atom stereocenters. The summed E-state index contributed by atoms with van der Waals surface area (Å²) < 4.78 is 0. The Hall–Kier alpha value is 0.522. The molecule has 0 aliphatic rings. The molecule has 0 fully saturated rings. The van der Waals surface area contributed by atoms with Crippen molar-refractivity contribution < 1.29 is 0 Å². The van der Waals surface area contributed by atoms with Crippen molar-refractivity contribution in [2.75, 3.05) is 0 Å². The first-order chi connectivity index (χ1) is 2.41. The van der Waals surface area contributed by atoms with Crippen LogP contribution in [0.1, 0.15) is 0 Å². The summed E-state index contributed by atoms with van der Waals surface area (Å²) in [5.41, 5.74) is 0. The maximum Gasteiger partial charge on any atom is -0.693 e. The predicted octanol–water partition coefficient (Wildman–Crippen LogP) is 2.17. The van der Waals surface area contributed by atoms with E-state index in [1.54, 1.807) is 0 Å². The number of halogens is 1. The van der Waals surface area contributed by atoms with Crippen molar-refractivity contribution in [1.29, 1.82) is 0 Å². The van der Waals surface area contributed by atoms with Gasteiger partial charge < -0.3 is 6.15 Å². The first-order valence-electron chi connectivity index (χ1n) is 1.44. The van der Waals surface area contributed by atoms with Gasteiger partial charge in [0.25, 0.3) is 0 Å². The van der Waals surface area contributed by atoms with Gasteiger partial charge in [0.15, 0.2) is 0 Å². The van der Waals surface area contributed by atoms with Crippen LogP contribution < -0.4 is 0 Å². The van der Waals surface area contributed by atoms with Crippen LogP contribution in [0.15, 0.2) is 12.7 Å². The van der Waals surface area contributed by atoms with Gasteiger partial charge in [-0.25, -0.2) is 0 Å². The Morgan fingerprint density at radius 1 is 1.83 bits per heavy atom. The second kappa shape index (κ2) is 9.10. The molecule has 0 spiro atoms. The number of allylic oxidation sites excluding steroid dienone is 1. The number of rotatable bonds is 2. The third-order valence-electron chi connectivity index (χ3n) is 0.256. The molecule has 2 N–H and O–H groups in total. The molecule has 0 amide bonds. The van der Waals surface area contributed by atoms with Crippen LogP contribution in [-0.2, 0) is 0 Å². The summed E-state index contributed by atoms with van der Waals surface area (Å²) in [6.07, 6.45) is 1.84. The molecular formula is C3H7AlClN. The van der Waals surface area contributed by atoms with Crippen LogP contribution >= 0.6 is 10.0 Å². The minimum Gasteiger partial charge on any atom is -0.693 e. The summed E-state index contributed by atoms with van der Waals surface area (Å²) in [7, 11) is 5.31. The van der Waals surface area contributed by atoms with Crippen LogP contribution in [0, 0.1) is 0 Å². The molecule has 0 aliphatic heterocycles. The van der Waals surface area contributed by atoms with Gasteiger partial charge in [-0.1, -0.05) is 0 Å². The smallest absolute Gasteiger partial charge is 0.693 e. The van der Waals surface area contributed by atoms with E-state index in [9.17, 15) is 0 Å². The minimum atomic E-state index is 0. The molecular weight excluding hydrogens is 112 g/mol. The third-order valence-corrected chi connectivity index (χ3v) is 1.30. The summed E-state index contributed by atoms with van der Waals surface area (Å²) in [6, 6.07) is 0. The van der Waals surface area contributed by atoms with Crippen molar-refractivity contribution in [2.45, 2.75) is 5.28 Å². The van der Waals surface area contributed by atoms with E-state index in [1.807, 2.05) is 6.08 Å². The molecule has 0 saturated carbocycles. The summed E-state index contributed by atoms with van der Waals surface area (Å²) in [4.78, 5) is 0. The van der Waals surface area contributed by atoms with Gasteiger partial charge >= 0.3 is 42.3 Å². The molecule has 0 aliphatic carbocycles. The average molecular weight is 120 g/mol. The zero-order valence-corrected chi connectivity index (χ0v) is 5.43. The fourth-order valence-electron chi connectivity index (χ4n) is 0.0630. The summed E-state index contributed by atoms with van der Waals surface area (Å²) in [5.74, 6) is 0. The van der Waals surface area contributed by atoms with Crippen LogP contribution in [0.25, 0.3) is 6.15 Å². The second-order valence-electron chi connectivity index (χ2n) is 0.679. The van der Waals surface area contributed by atoms with Crippen LogP contribution in [0.4, 0.5) is 0 Å². The summed E-state index contributed by atoms with van der Waals surface area (Å²) in [6.45, 7) is 3.49. The molecule has 34 valence electrons. The molecule has 0 bridgehead atoms. The number of nitrogens with two attached hydrogens (primary N) is 1. The monoisotopic (exact) mass is 119 g/mol. The van der Waals surface area contributed by atoms with Gasteiger partial charge in [-0.2, -0.15) is 0 Å². The quantitative estimate of drug-likeness (QED) is 0.394. The topological polar surface area (TPSA) is 33.5 Å². The number of hydrogen-bond acceptors (Lipinski definition) is 0. The Morgan fingerprint density at radius 3 is 2.33 bits per heavy atom. The zero-order chi connectivity index (χ0) is 4.12. The molecule has 0 aromatic rings. The Kier molecular flexibility index (Phi) is 14.8. The molecule has 3 heteroatoms. The average Bonchev–Trinajstić information content (AvgIpc) is 1.41.